The summed E-state index contributed by atoms with van der Waals surface area (Å²) in [5.74, 6) is 0. The molecule has 1 aliphatic rings. The van der Waals surface area contributed by atoms with Gasteiger partial charge in [0, 0.05) is 12.1 Å². The minimum Gasteiger partial charge on any atom is -0.342 e. The predicted molar refractivity (Wildman–Crippen MR) is 62.8 cm³/mol. The number of carbonyl (C=O) groups excluding carboxylic acids is 1. The Morgan fingerprint density at radius 3 is 3.07 bits per heavy atom. The Labute approximate surface area is 94.1 Å². The van der Waals surface area contributed by atoms with E-state index >= 15 is 0 Å². The van der Waals surface area contributed by atoms with E-state index in [4.69, 9.17) is 0 Å². The number of rotatable bonds is 3. The van der Waals surface area contributed by atoms with Gasteiger partial charge >= 0.3 is 0 Å². The van der Waals surface area contributed by atoms with Crippen LogP contribution in [-0.4, -0.2) is 23.4 Å². The maximum absolute atomic E-state index is 10.6. The molecule has 1 aromatic heterocycles. The topological polar surface area (TPSA) is 33.2 Å². The summed E-state index contributed by atoms with van der Waals surface area (Å²) in [6, 6.07) is 1.16. The van der Waals surface area contributed by atoms with Crippen LogP contribution in [0, 0.1) is 0 Å². The lowest BCUT2D eigenvalue weighted by Gasteiger charge is -2.27. The molecule has 1 saturated heterocycles. The molecule has 4 heteroatoms. The lowest BCUT2D eigenvalue weighted by molar-refractivity contribution is 0.112. The van der Waals surface area contributed by atoms with Gasteiger partial charge in [-0.3, -0.25) is 4.79 Å². The number of aromatic nitrogens is 1. The number of anilines is 1. The van der Waals surface area contributed by atoms with E-state index in [2.05, 4.69) is 23.7 Å². The van der Waals surface area contributed by atoms with Crippen LogP contribution in [0.25, 0.3) is 0 Å². The van der Waals surface area contributed by atoms with E-state index in [9.17, 15) is 4.79 Å². The van der Waals surface area contributed by atoms with E-state index in [1.807, 2.05) is 0 Å². The molecule has 0 aromatic carbocycles. The predicted octanol–water partition coefficient (Wildman–Crippen LogP) is 2.72. The summed E-state index contributed by atoms with van der Waals surface area (Å²) in [7, 11) is 0. The van der Waals surface area contributed by atoms with Gasteiger partial charge in [0.25, 0.3) is 0 Å². The van der Waals surface area contributed by atoms with Crippen molar-refractivity contribution in [3.8, 4) is 0 Å². The van der Waals surface area contributed by atoms with Crippen molar-refractivity contribution in [3.63, 3.8) is 0 Å². The molecule has 3 nitrogen and oxygen atoms in total. The van der Waals surface area contributed by atoms with Crippen molar-refractivity contribution in [1.29, 1.82) is 0 Å². The summed E-state index contributed by atoms with van der Waals surface area (Å²) >= 11 is 1.50. The van der Waals surface area contributed by atoms with E-state index < -0.39 is 0 Å². The van der Waals surface area contributed by atoms with Crippen LogP contribution in [0.15, 0.2) is 6.20 Å². The van der Waals surface area contributed by atoms with Crippen molar-refractivity contribution in [1.82, 2.24) is 4.98 Å². The van der Waals surface area contributed by atoms with Gasteiger partial charge in [0.1, 0.15) is 0 Å². The number of thiazole rings is 1. The third-order valence-electron chi connectivity index (χ3n) is 3.11. The highest BCUT2D eigenvalue weighted by atomic mass is 32.1. The van der Waals surface area contributed by atoms with E-state index in [0.29, 0.717) is 12.1 Å². The molecule has 0 saturated carbocycles. The van der Waals surface area contributed by atoms with Crippen LogP contribution in [0.3, 0.4) is 0 Å². The highest BCUT2D eigenvalue weighted by Gasteiger charge is 2.31. The van der Waals surface area contributed by atoms with E-state index in [0.717, 1.165) is 22.7 Å². The Balaban J connectivity index is 2.23. The summed E-state index contributed by atoms with van der Waals surface area (Å²) in [5.41, 5.74) is 0. The van der Waals surface area contributed by atoms with Gasteiger partial charge in [-0.1, -0.05) is 18.3 Å². The Morgan fingerprint density at radius 2 is 2.47 bits per heavy atom. The third kappa shape index (κ3) is 1.91. The van der Waals surface area contributed by atoms with Crippen LogP contribution in [0.5, 0.6) is 0 Å². The standard InChI is InChI=1S/C11H16N2OS/c1-3-9-5-4-8(2)13(9)11-12-6-10(7-14)15-11/h6-9H,3-5H2,1-2H3. The fourth-order valence-electron chi connectivity index (χ4n) is 2.27. The van der Waals surface area contributed by atoms with E-state index in [-0.39, 0.29) is 0 Å². The Kier molecular flexibility index (Phi) is 3.05. The summed E-state index contributed by atoms with van der Waals surface area (Å²) in [6.45, 7) is 4.45. The number of aldehydes is 1. The second-order valence-electron chi connectivity index (χ2n) is 4.06. The molecule has 2 heterocycles. The summed E-state index contributed by atoms with van der Waals surface area (Å²) in [4.78, 5) is 18.0. The Morgan fingerprint density at radius 1 is 1.67 bits per heavy atom. The van der Waals surface area contributed by atoms with Crippen LogP contribution in [0.1, 0.15) is 42.8 Å². The van der Waals surface area contributed by atoms with Gasteiger partial charge in [0.2, 0.25) is 0 Å². The molecule has 0 radical (unpaired) electrons. The molecular weight excluding hydrogens is 208 g/mol. The molecule has 0 N–H and O–H groups in total. The van der Waals surface area contributed by atoms with Crippen molar-refractivity contribution in [3.05, 3.63) is 11.1 Å². The first kappa shape index (κ1) is 10.6. The van der Waals surface area contributed by atoms with Gasteiger partial charge in [-0.05, 0) is 26.2 Å². The molecule has 1 aliphatic heterocycles. The minimum absolute atomic E-state index is 0.556. The molecule has 0 amide bonds. The molecule has 1 aromatic rings. The van der Waals surface area contributed by atoms with Crippen LogP contribution in [-0.2, 0) is 0 Å². The van der Waals surface area contributed by atoms with Crippen molar-refractivity contribution in [2.24, 2.45) is 0 Å². The van der Waals surface area contributed by atoms with Crippen molar-refractivity contribution in [2.45, 2.75) is 45.2 Å². The van der Waals surface area contributed by atoms with Crippen LogP contribution in [0.2, 0.25) is 0 Å². The monoisotopic (exact) mass is 224 g/mol. The number of hydrogen-bond acceptors (Lipinski definition) is 4. The first-order valence-corrected chi connectivity index (χ1v) is 6.27. The van der Waals surface area contributed by atoms with Gasteiger partial charge < -0.3 is 4.90 Å². The number of hydrogen-bond donors (Lipinski definition) is 0. The zero-order valence-corrected chi connectivity index (χ0v) is 9.96. The number of nitrogens with zero attached hydrogens (tertiary/aromatic N) is 2. The maximum Gasteiger partial charge on any atom is 0.186 e. The lowest BCUT2D eigenvalue weighted by atomic mass is 10.2. The van der Waals surface area contributed by atoms with Crippen molar-refractivity contribution in [2.75, 3.05) is 4.90 Å². The molecular formula is C11H16N2OS. The van der Waals surface area contributed by atoms with Gasteiger partial charge in [-0.2, -0.15) is 0 Å². The van der Waals surface area contributed by atoms with Gasteiger partial charge in [-0.15, -0.1) is 0 Å². The van der Waals surface area contributed by atoms with Crippen molar-refractivity contribution >= 4 is 22.8 Å². The van der Waals surface area contributed by atoms with E-state index in [1.165, 1.54) is 24.2 Å². The highest BCUT2D eigenvalue weighted by Crippen LogP contribution is 2.34. The average Bonchev–Trinajstić information content (AvgIpc) is 2.83. The zero-order chi connectivity index (χ0) is 10.8. The van der Waals surface area contributed by atoms with Gasteiger partial charge in [0.05, 0.1) is 11.1 Å². The molecule has 0 spiro atoms. The van der Waals surface area contributed by atoms with Crippen LogP contribution in [0.4, 0.5) is 5.13 Å². The highest BCUT2D eigenvalue weighted by molar-refractivity contribution is 7.17. The summed E-state index contributed by atoms with van der Waals surface area (Å²) in [6.07, 6.45) is 6.18. The SMILES string of the molecule is CCC1CCC(C)N1c1ncc(C=O)s1. The zero-order valence-electron chi connectivity index (χ0n) is 9.14. The molecule has 0 bridgehead atoms. The Bertz CT molecular complexity index is 350. The van der Waals surface area contributed by atoms with Gasteiger partial charge in [0.15, 0.2) is 11.4 Å². The Hall–Kier alpha value is -0.900. The minimum atomic E-state index is 0.556. The summed E-state index contributed by atoms with van der Waals surface area (Å²) in [5, 5.41) is 1.01. The number of carbonyl (C=O) groups is 1. The van der Waals surface area contributed by atoms with Crippen LogP contribution < -0.4 is 4.90 Å². The first-order chi connectivity index (χ1) is 7.26. The van der Waals surface area contributed by atoms with Gasteiger partial charge in [-0.25, -0.2) is 4.98 Å². The molecule has 0 aliphatic carbocycles. The quantitative estimate of drug-likeness (QED) is 0.740. The molecule has 82 valence electrons. The second-order valence-corrected chi connectivity index (χ2v) is 5.10. The van der Waals surface area contributed by atoms with Crippen molar-refractivity contribution < 1.29 is 4.79 Å². The normalized spacial score (nSPS) is 25.9. The fraction of sp³-hybridized carbons (Fsp3) is 0.636. The molecule has 2 atom stereocenters. The largest absolute Gasteiger partial charge is 0.342 e. The fourth-order valence-corrected chi connectivity index (χ4v) is 3.17. The lowest BCUT2D eigenvalue weighted by Crippen LogP contribution is -2.33. The smallest absolute Gasteiger partial charge is 0.186 e. The molecule has 15 heavy (non-hydrogen) atoms. The average molecular weight is 224 g/mol. The third-order valence-corrected chi connectivity index (χ3v) is 4.04. The first-order valence-electron chi connectivity index (χ1n) is 5.45. The van der Waals surface area contributed by atoms with Crippen LogP contribution >= 0.6 is 11.3 Å². The molecule has 2 unspecified atom stereocenters. The summed E-state index contributed by atoms with van der Waals surface area (Å²) < 4.78 is 0. The molecule has 1 fully saturated rings. The maximum atomic E-state index is 10.6. The molecule has 2 rings (SSSR count). The van der Waals surface area contributed by atoms with E-state index in [1.54, 1.807) is 6.20 Å². The second kappa shape index (κ2) is 4.31.